The number of nitrogens with one attached hydrogen (secondary N) is 1. The fourth-order valence-corrected chi connectivity index (χ4v) is 4.76. The Balaban J connectivity index is 0.00000364. The molecule has 0 aliphatic carbocycles. The van der Waals surface area contributed by atoms with Crippen molar-refractivity contribution in [2.24, 2.45) is 4.99 Å². The van der Waals surface area contributed by atoms with Crippen LogP contribution in [0.15, 0.2) is 35.3 Å². The van der Waals surface area contributed by atoms with Crippen LogP contribution < -0.4 is 5.32 Å². The Morgan fingerprint density at radius 2 is 1.89 bits per heavy atom. The molecule has 1 fully saturated rings. The number of likely N-dealkylation sites (tertiary alicyclic amines) is 1. The molecule has 0 radical (unpaired) electrons. The third-order valence-electron chi connectivity index (χ3n) is 4.80. The third-order valence-corrected chi connectivity index (χ3v) is 6.80. The lowest BCUT2D eigenvalue weighted by Gasteiger charge is -2.22. The molecule has 1 saturated heterocycles. The van der Waals surface area contributed by atoms with Crippen molar-refractivity contribution in [1.29, 1.82) is 0 Å². The first-order valence-electron chi connectivity index (χ1n) is 9.57. The maximum Gasteiger partial charge on any atom is 0.215 e. The zero-order valence-electron chi connectivity index (χ0n) is 16.6. The van der Waals surface area contributed by atoms with Gasteiger partial charge in [0.2, 0.25) is 10.0 Å². The number of hydrogen-bond donors (Lipinski definition) is 1. The highest BCUT2D eigenvalue weighted by molar-refractivity contribution is 14.0. The van der Waals surface area contributed by atoms with Gasteiger partial charge in [0.15, 0.2) is 5.96 Å². The van der Waals surface area contributed by atoms with Crippen molar-refractivity contribution >= 4 is 40.0 Å². The Hall–Kier alpha value is -0.870. The Bertz CT molecular complexity index is 678. The minimum atomic E-state index is -3.23. The number of guanidine groups is 1. The average Bonchev–Trinajstić information content (AvgIpc) is 3.12. The van der Waals surface area contributed by atoms with Gasteiger partial charge in [-0.1, -0.05) is 44.2 Å². The molecular weight excluding hydrogens is 475 g/mol. The molecule has 1 heterocycles. The number of aliphatic imine (C=N–C) groups is 1. The molecule has 0 amide bonds. The van der Waals surface area contributed by atoms with Gasteiger partial charge in [-0.05, 0) is 18.9 Å². The SMILES string of the molecule is CCNC(=NCCS(=O)(=O)N(CC)CC)N1CCC(c2ccccc2)C1.I. The van der Waals surface area contributed by atoms with E-state index in [9.17, 15) is 8.42 Å². The molecular formula is C19H33IN4O2S. The molecule has 1 aromatic rings. The van der Waals surface area contributed by atoms with Crippen LogP contribution in [0.3, 0.4) is 0 Å². The van der Waals surface area contributed by atoms with E-state index < -0.39 is 10.0 Å². The molecule has 2 rings (SSSR count). The summed E-state index contributed by atoms with van der Waals surface area (Å²) >= 11 is 0. The molecule has 1 N–H and O–H groups in total. The summed E-state index contributed by atoms with van der Waals surface area (Å²) < 4.78 is 26.1. The largest absolute Gasteiger partial charge is 0.357 e. The fraction of sp³-hybridized carbons (Fsp3) is 0.632. The number of sulfonamides is 1. The van der Waals surface area contributed by atoms with E-state index in [1.54, 1.807) is 0 Å². The molecule has 1 aliphatic heterocycles. The van der Waals surface area contributed by atoms with E-state index in [2.05, 4.69) is 39.5 Å². The highest BCUT2D eigenvalue weighted by atomic mass is 127. The quantitative estimate of drug-likeness (QED) is 0.333. The first-order valence-corrected chi connectivity index (χ1v) is 11.2. The van der Waals surface area contributed by atoms with Crippen LogP contribution in [0.1, 0.15) is 38.7 Å². The second-order valence-corrected chi connectivity index (χ2v) is 8.57. The van der Waals surface area contributed by atoms with E-state index in [1.807, 2.05) is 26.8 Å². The lowest BCUT2D eigenvalue weighted by molar-refractivity contribution is 0.445. The number of benzene rings is 1. The summed E-state index contributed by atoms with van der Waals surface area (Å²) in [4.78, 5) is 6.83. The molecule has 0 aromatic heterocycles. The van der Waals surface area contributed by atoms with Crippen LogP contribution in [0.4, 0.5) is 0 Å². The van der Waals surface area contributed by atoms with Crippen LogP contribution in [-0.4, -0.2) is 68.6 Å². The van der Waals surface area contributed by atoms with Gasteiger partial charge in [0.05, 0.1) is 12.3 Å². The van der Waals surface area contributed by atoms with E-state index in [1.165, 1.54) is 9.87 Å². The summed E-state index contributed by atoms with van der Waals surface area (Å²) in [6.45, 7) is 9.69. The summed E-state index contributed by atoms with van der Waals surface area (Å²) in [6.07, 6.45) is 1.09. The van der Waals surface area contributed by atoms with Gasteiger partial charge in [-0.3, -0.25) is 4.99 Å². The lowest BCUT2D eigenvalue weighted by atomic mass is 9.99. The van der Waals surface area contributed by atoms with E-state index in [4.69, 9.17) is 0 Å². The maximum atomic E-state index is 12.3. The Labute approximate surface area is 181 Å². The smallest absolute Gasteiger partial charge is 0.215 e. The summed E-state index contributed by atoms with van der Waals surface area (Å²) in [5.41, 5.74) is 1.36. The van der Waals surface area contributed by atoms with Crippen LogP contribution in [0, 0.1) is 0 Å². The monoisotopic (exact) mass is 508 g/mol. The van der Waals surface area contributed by atoms with E-state index >= 15 is 0 Å². The lowest BCUT2D eigenvalue weighted by Crippen LogP contribution is -2.40. The zero-order valence-corrected chi connectivity index (χ0v) is 19.7. The van der Waals surface area contributed by atoms with Gasteiger partial charge in [-0.25, -0.2) is 12.7 Å². The maximum absolute atomic E-state index is 12.3. The van der Waals surface area contributed by atoms with Crippen LogP contribution in [-0.2, 0) is 10.0 Å². The summed E-state index contributed by atoms with van der Waals surface area (Å²) in [7, 11) is -3.23. The highest BCUT2D eigenvalue weighted by Gasteiger charge is 2.26. The number of hydrogen-bond acceptors (Lipinski definition) is 3. The molecule has 1 aliphatic rings. The predicted octanol–water partition coefficient (Wildman–Crippen LogP) is 2.73. The van der Waals surface area contributed by atoms with Crippen LogP contribution >= 0.6 is 24.0 Å². The minimum Gasteiger partial charge on any atom is -0.357 e. The van der Waals surface area contributed by atoms with E-state index in [0.717, 1.165) is 32.0 Å². The van der Waals surface area contributed by atoms with Crippen molar-refractivity contribution in [3.63, 3.8) is 0 Å². The fourth-order valence-electron chi connectivity index (χ4n) is 3.39. The van der Waals surface area contributed by atoms with Crippen molar-refractivity contribution in [3.8, 4) is 0 Å². The van der Waals surface area contributed by atoms with E-state index in [0.29, 0.717) is 19.0 Å². The normalized spacial score (nSPS) is 17.9. The summed E-state index contributed by atoms with van der Waals surface area (Å²) in [5.74, 6) is 1.37. The first-order chi connectivity index (χ1) is 12.5. The number of halogens is 1. The topological polar surface area (TPSA) is 65.0 Å². The van der Waals surface area contributed by atoms with Crippen molar-refractivity contribution < 1.29 is 8.42 Å². The third kappa shape index (κ3) is 6.90. The second-order valence-electron chi connectivity index (χ2n) is 6.48. The molecule has 1 unspecified atom stereocenters. The van der Waals surface area contributed by atoms with E-state index in [-0.39, 0.29) is 36.3 Å². The van der Waals surface area contributed by atoms with Crippen LogP contribution in [0.2, 0.25) is 0 Å². The Morgan fingerprint density at radius 1 is 1.22 bits per heavy atom. The zero-order chi connectivity index (χ0) is 19.0. The van der Waals surface area contributed by atoms with Crippen molar-refractivity contribution in [2.45, 2.75) is 33.1 Å². The minimum absolute atomic E-state index is 0. The second kappa shape index (κ2) is 11.9. The van der Waals surface area contributed by atoms with Crippen molar-refractivity contribution in [1.82, 2.24) is 14.5 Å². The van der Waals surface area contributed by atoms with Crippen LogP contribution in [0.5, 0.6) is 0 Å². The summed E-state index contributed by atoms with van der Waals surface area (Å²) in [5, 5.41) is 3.31. The van der Waals surface area contributed by atoms with Gasteiger partial charge < -0.3 is 10.2 Å². The van der Waals surface area contributed by atoms with Gasteiger partial charge in [0.1, 0.15) is 0 Å². The molecule has 8 heteroatoms. The molecule has 27 heavy (non-hydrogen) atoms. The standard InChI is InChI=1S/C19H32N4O2S.HI/c1-4-20-19(21-13-15-26(24,25)23(5-2)6-3)22-14-12-18(16-22)17-10-8-7-9-11-17;/h7-11,18H,4-6,12-16H2,1-3H3,(H,20,21);1H. The average molecular weight is 508 g/mol. The first kappa shape index (κ1) is 24.2. The molecule has 0 spiro atoms. The molecule has 0 bridgehead atoms. The molecule has 6 nitrogen and oxygen atoms in total. The molecule has 1 atom stereocenters. The number of rotatable bonds is 8. The summed E-state index contributed by atoms with van der Waals surface area (Å²) in [6, 6.07) is 10.5. The predicted molar refractivity (Wildman–Crippen MR) is 123 cm³/mol. The van der Waals surface area contributed by atoms with Gasteiger partial charge in [0.25, 0.3) is 0 Å². The molecule has 154 valence electrons. The van der Waals surface area contributed by atoms with Crippen molar-refractivity contribution in [3.05, 3.63) is 35.9 Å². The van der Waals surface area contributed by atoms with Crippen LogP contribution in [0.25, 0.3) is 0 Å². The number of nitrogens with zero attached hydrogens (tertiary/aromatic N) is 3. The molecule has 0 saturated carbocycles. The Morgan fingerprint density at radius 3 is 2.48 bits per heavy atom. The van der Waals surface area contributed by atoms with Gasteiger partial charge >= 0.3 is 0 Å². The highest BCUT2D eigenvalue weighted by Crippen LogP contribution is 2.26. The Kier molecular flexibility index (Phi) is 10.6. The van der Waals surface area contributed by atoms with Gasteiger partial charge in [-0.2, -0.15) is 0 Å². The van der Waals surface area contributed by atoms with Gasteiger partial charge in [-0.15, -0.1) is 24.0 Å². The van der Waals surface area contributed by atoms with Gasteiger partial charge in [0, 0.05) is 38.6 Å². The van der Waals surface area contributed by atoms with Crippen molar-refractivity contribution in [2.75, 3.05) is 45.0 Å². The molecule has 1 aromatic carbocycles.